The molecule has 0 atom stereocenters. The van der Waals surface area contributed by atoms with Crippen LogP contribution in [-0.4, -0.2) is 6.61 Å². The zero-order chi connectivity index (χ0) is 11.5. The molecular formula is C12H20N2O. The number of nitrogen functional groups attached to an aromatic ring is 2. The summed E-state index contributed by atoms with van der Waals surface area (Å²) < 4.78 is 5.59. The quantitative estimate of drug-likeness (QED) is 0.751. The fraction of sp³-hybridized carbons (Fsp3) is 0.500. The number of hydrogen-bond donors (Lipinski definition) is 2. The molecule has 0 aliphatic heterocycles. The Morgan fingerprint density at radius 1 is 1.20 bits per heavy atom. The van der Waals surface area contributed by atoms with Gasteiger partial charge in [-0.3, -0.25) is 0 Å². The van der Waals surface area contributed by atoms with Gasteiger partial charge in [0.05, 0.1) is 12.3 Å². The van der Waals surface area contributed by atoms with Crippen LogP contribution in [0.4, 0.5) is 11.4 Å². The first-order valence-corrected chi connectivity index (χ1v) is 5.16. The minimum absolute atomic E-state index is 0.280. The average Bonchev–Trinajstić information content (AvgIpc) is 2.07. The molecule has 4 N–H and O–H groups in total. The Balaban J connectivity index is 2.51. The maximum atomic E-state index is 5.77. The maximum absolute atomic E-state index is 5.77. The molecule has 1 rings (SSSR count). The summed E-state index contributed by atoms with van der Waals surface area (Å²) >= 11 is 0. The van der Waals surface area contributed by atoms with E-state index < -0.39 is 0 Å². The molecule has 0 unspecified atom stereocenters. The van der Waals surface area contributed by atoms with E-state index in [0.29, 0.717) is 23.7 Å². The van der Waals surface area contributed by atoms with Gasteiger partial charge in [0.1, 0.15) is 5.75 Å². The molecule has 0 bridgehead atoms. The Bertz CT molecular complexity index is 329. The summed E-state index contributed by atoms with van der Waals surface area (Å²) in [6, 6.07) is 5.32. The van der Waals surface area contributed by atoms with Crippen molar-refractivity contribution in [2.45, 2.75) is 27.2 Å². The zero-order valence-corrected chi connectivity index (χ0v) is 9.71. The fourth-order valence-corrected chi connectivity index (χ4v) is 1.17. The van der Waals surface area contributed by atoms with Gasteiger partial charge in [-0.2, -0.15) is 0 Å². The van der Waals surface area contributed by atoms with Crippen LogP contribution in [0.25, 0.3) is 0 Å². The second kappa shape index (κ2) is 4.43. The van der Waals surface area contributed by atoms with E-state index in [1.54, 1.807) is 12.1 Å². The molecule has 0 radical (unpaired) electrons. The number of benzene rings is 1. The van der Waals surface area contributed by atoms with E-state index in [4.69, 9.17) is 16.2 Å². The number of hydrogen-bond acceptors (Lipinski definition) is 3. The highest BCUT2D eigenvalue weighted by atomic mass is 16.5. The van der Waals surface area contributed by atoms with Gasteiger partial charge in [-0.1, -0.05) is 20.8 Å². The molecule has 0 fully saturated rings. The summed E-state index contributed by atoms with van der Waals surface area (Å²) in [6.45, 7) is 7.23. The molecular weight excluding hydrogens is 188 g/mol. The number of anilines is 2. The van der Waals surface area contributed by atoms with Crippen LogP contribution >= 0.6 is 0 Å². The van der Waals surface area contributed by atoms with Gasteiger partial charge in [-0.15, -0.1) is 0 Å². The van der Waals surface area contributed by atoms with Gasteiger partial charge < -0.3 is 16.2 Å². The lowest BCUT2D eigenvalue weighted by Crippen LogP contribution is -2.11. The summed E-state index contributed by atoms with van der Waals surface area (Å²) in [7, 11) is 0. The Morgan fingerprint density at radius 3 is 2.40 bits per heavy atom. The van der Waals surface area contributed by atoms with Gasteiger partial charge in [0, 0.05) is 5.69 Å². The van der Waals surface area contributed by atoms with Crippen LogP contribution < -0.4 is 16.2 Å². The van der Waals surface area contributed by atoms with Crippen molar-refractivity contribution in [2.24, 2.45) is 5.41 Å². The van der Waals surface area contributed by atoms with Gasteiger partial charge in [-0.25, -0.2) is 0 Å². The molecule has 0 aliphatic carbocycles. The first-order valence-electron chi connectivity index (χ1n) is 5.16. The van der Waals surface area contributed by atoms with Gasteiger partial charge in [0.2, 0.25) is 0 Å². The maximum Gasteiger partial charge on any atom is 0.142 e. The zero-order valence-electron chi connectivity index (χ0n) is 9.71. The normalized spacial score (nSPS) is 11.4. The molecule has 0 spiro atoms. The lowest BCUT2D eigenvalue weighted by Gasteiger charge is -2.18. The molecule has 3 heteroatoms. The van der Waals surface area contributed by atoms with Crippen molar-refractivity contribution in [2.75, 3.05) is 18.1 Å². The van der Waals surface area contributed by atoms with E-state index in [1.807, 2.05) is 6.07 Å². The largest absolute Gasteiger partial charge is 0.491 e. The van der Waals surface area contributed by atoms with Crippen LogP contribution in [0.2, 0.25) is 0 Å². The van der Waals surface area contributed by atoms with Crippen molar-refractivity contribution in [1.29, 1.82) is 0 Å². The third kappa shape index (κ3) is 4.11. The minimum atomic E-state index is 0.280. The lowest BCUT2D eigenvalue weighted by molar-refractivity contribution is 0.244. The Labute approximate surface area is 91.4 Å². The van der Waals surface area contributed by atoms with E-state index >= 15 is 0 Å². The van der Waals surface area contributed by atoms with Crippen LogP contribution in [0.15, 0.2) is 18.2 Å². The Hall–Kier alpha value is -1.38. The molecule has 0 aliphatic rings. The monoisotopic (exact) mass is 208 g/mol. The molecule has 0 saturated heterocycles. The second-order valence-corrected chi connectivity index (χ2v) is 4.96. The molecule has 0 saturated carbocycles. The average molecular weight is 208 g/mol. The highest BCUT2D eigenvalue weighted by Crippen LogP contribution is 2.25. The SMILES string of the molecule is CC(C)(C)CCOc1ccc(N)cc1N. The summed E-state index contributed by atoms with van der Waals surface area (Å²) in [5.41, 5.74) is 12.9. The molecule has 1 aromatic carbocycles. The Kier molecular flexibility index (Phi) is 3.45. The van der Waals surface area contributed by atoms with Crippen molar-refractivity contribution in [3.05, 3.63) is 18.2 Å². The first-order chi connectivity index (χ1) is 6.88. The standard InChI is InChI=1S/C12H20N2O/c1-12(2,3)6-7-15-11-5-4-9(13)8-10(11)14/h4-5,8H,6-7,13-14H2,1-3H3. The lowest BCUT2D eigenvalue weighted by atomic mass is 9.93. The molecule has 0 heterocycles. The highest BCUT2D eigenvalue weighted by molar-refractivity contribution is 5.60. The summed E-state index contributed by atoms with van der Waals surface area (Å²) in [4.78, 5) is 0. The molecule has 15 heavy (non-hydrogen) atoms. The topological polar surface area (TPSA) is 61.3 Å². The van der Waals surface area contributed by atoms with E-state index in [-0.39, 0.29) is 5.41 Å². The van der Waals surface area contributed by atoms with E-state index in [9.17, 15) is 0 Å². The number of ether oxygens (including phenoxy) is 1. The minimum Gasteiger partial charge on any atom is -0.491 e. The molecule has 1 aromatic rings. The van der Waals surface area contributed by atoms with Crippen molar-refractivity contribution in [3.8, 4) is 5.75 Å². The van der Waals surface area contributed by atoms with Crippen LogP contribution in [0.5, 0.6) is 5.75 Å². The summed E-state index contributed by atoms with van der Waals surface area (Å²) in [5.74, 6) is 0.716. The number of nitrogens with two attached hydrogens (primary N) is 2. The third-order valence-corrected chi connectivity index (χ3v) is 2.14. The van der Waals surface area contributed by atoms with Crippen molar-refractivity contribution in [1.82, 2.24) is 0 Å². The molecule has 84 valence electrons. The summed E-state index contributed by atoms with van der Waals surface area (Å²) in [6.07, 6.45) is 0.997. The van der Waals surface area contributed by atoms with E-state index in [0.717, 1.165) is 6.42 Å². The van der Waals surface area contributed by atoms with Crippen molar-refractivity contribution >= 4 is 11.4 Å². The van der Waals surface area contributed by atoms with Crippen molar-refractivity contribution in [3.63, 3.8) is 0 Å². The Morgan fingerprint density at radius 2 is 1.87 bits per heavy atom. The van der Waals surface area contributed by atoms with E-state index in [1.165, 1.54) is 0 Å². The molecule has 3 nitrogen and oxygen atoms in total. The summed E-state index contributed by atoms with van der Waals surface area (Å²) in [5, 5.41) is 0. The smallest absolute Gasteiger partial charge is 0.142 e. The predicted octanol–water partition coefficient (Wildman–Crippen LogP) is 2.67. The van der Waals surface area contributed by atoms with Crippen LogP contribution in [0.1, 0.15) is 27.2 Å². The van der Waals surface area contributed by atoms with E-state index in [2.05, 4.69) is 20.8 Å². The van der Waals surface area contributed by atoms with Crippen LogP contribution in [0.3, 0.4) is 0 Å². The predicted molar refractivity (Wildman–Crippen MR) is 64.8 cm³/mol. The van der Waals surface area contributed by atoms with Gasteiger partial charge in [-0.05, 0) is 30.0 Å². The van der Waals surface area contributed by atoms with Gasteiger partial charge >= 0.3 is 0 Å². The van der Waals surface area contributed by atoms with Gasteiger partial charge in [0.25, 0.3) is 0 Å². The molecule has 0 amide bonds. The molecule has 0 aromatic heterocycles. The van der Waals surface area contributed by atoms with Crippen molar-refractivity contribution < 1.29 is 4.74 Å². The third-order valence-electron chi connectivity index (χ3n) is 2.14. The first kappa shape index (κ1) is 11.7. The van der Waals surface area contributed by atoms with Gasteiger partial charge in [0.15, 0.2) is 0 Å². The van der Waals surface area contributed by atoms with Crippen LogP contribution in [-0.2, 0) is 0 Å². The fourth-order valence-electron chi connectivity index (χ4n) is 1.17. The number of rotatable bonds is 3. The highest BCUT2D eigenvalue weighted by Gasteiger charge is 2.10. The van der Waals surface area contributed by atoms with Crippen LogP contribution in [0, 0.1) is 5.41 Å². The second-order valence-electron chi connectivity index (χ2n) is 4.96.